The number of ether oxygens (including phenoxy) is 1. The zero-order chi connectivity index (χ0) is 15.9. The lowest BCUT2D eigenvalue weighted by atomic mass is 9.75. The smallest absolute Gasteiger partial charge is 0.178 e. The Morgan fingerprint density at radius 2 is 1.82 bits per heavy atom. The Morgan fingerprint density at radius 3 is 2.45 bits per heavy atom. The summed E-state index contributed by atoms with van der Waals surface area (Å²) in [5, 5.41) is 0. The van der Waals surface area contributed by atoms with Crippen LogP contribution in [0.25, 0.3) is 5.57 Å². The maximum atomic E-state index is 12.5. The number of likely N-dealkylation sites (N-methyl/N-ethyl adjacent to an activating group) is 1. The molecule has 3 rings (SSSR count). The largest absolute Gasteiger partial charge is 0.474 e. The molecule has 0 saturated carbocycles. The van der Waals surface area contributed by atoms with Gasteiger partial charge in [0.15, 0.2) is 12.0 Å². The Labute approximate surface area is 132 Å². The molecule has 3 heteroatoms. The number of Topliss-reactive ketones (excluding diaryl/α,β-unsaturated/α-hetero) is 1. The van der Waals surface area contributed by atoms with Crippen LogP contribution in [0.4, 0.5) is 0 Å². The number of benzene rings is 1. The third-order valence-corrected chi connectivity index (χ3v) is 4.27. The maximum absolute atomic E-state index is 12.5. The molecular weight excluding hydrogens is 274 g/mol. The van der Waals surface area contributed by atoms with Gasteiger partial charge in [-0.15, -0.1) is 0 Å². The number of ketones is 1. The summed E-state index contributed by atoms with van der Waals surface area (Å²) < 4.78 is 6.24. The molecule has 0 bridgehead atoms. The molecule has 1 aliphatic carbocycles. The van der Waals surface area contributed by atoms with E-state index in [0.717, 1.165) is 28.9 Å². The van der Waals surface area contributed by atoms with Gasteiger partial charge in [0.25, 0.3) is 0 Å². The Bertz CT molecular complexity index is 653. The number of allylic oxidation sites excluding steroid dienone is 3. The Kier molecular flexibility index (Phi) is 3.69. The topological polar surface area (TPSA) is 29.5 Å². The first kappa shape index (κ1) is 15.0. The van der Waals surface area contributed by atoms with Crippen LogP contribution in [0.1, 0.15) is 32.3 Å². The molecule has 1 aromatic carbocycles. The van der Waals surface area contributed by atoms with Crippen molar-refractivity contribution in [2.75, 3.05) is 14.1 Å². The van der Waals surface area contributed by atoms with Crippen LogP contribution in [0.2, 0.25) is 0 Å². The maximum Gasteiger partial charge on any atom is 0.178 e. The molecule has 0 N–H and O–H groups in total. The molecule has 0 spiro atoms. The molecule has 22 heavy (non-hydrogen) atoms. The number of carbonyl (C=O) groups is 1. The van der Waals surface area contributed by atoms with E-state index in [1.165, 1.54) is 0 Å². The minimum atomic E-state index is -0.150. The number of rotatable bonds is 2. The monoisotopic (exact) mass is 297 g/mol. The second kappa shape index (κ2) is 5.40. The molecular formula is C19H23NO2. The first-order valence-corrected chi connectivity index (χ1v) is 7.74. The Balaban J connectivity index is 2.07. The SMILES string of the molecule is CN(C)[C@@H]1OC2=C(C=C1c1ccccc1)C(=O)CC(C)(C)C2. The second-order valence-corrected chi connectivity index (χ2v) is 7.18. The zero-order valence-corrected chi connectivity index (χ0v) is 13.7. The van der Waals surface area contributed by atoms with Crippen LogP contribution in [-0.2, 0) is 9.53 Å². The third-order valence-electron chi connectivity index (χ3n) is 4.27. The van der Waals surface area contributed by atoms with Gasteiger partial charge in [0, 0.05) is 18.4 Å². The van der Waals surface area contributed by atoms with E-state index in [9.17, 15) is 4.79 Å². The van der Waals surface area contributed by atoms with Gasteiger partial charge in [0.1, 0.15) is 5.76 Å². The van der Waals surface area contributed by atoms with Crippen LogP contribution in [0.3, 0.4) is 0 Å². The number of nitrogens with zero attached hydrogens (tertiary/aromatic N) is 1. The van der Waals surface area contributed by atoms with Gasteiger partial charge in [-0.2, -0.15) is 0 Å². The number of hydrogen-bond acceptors (Lipinski definition) is 3. The van der Waals surface area contributed by atoms with Crippen molar-refractivity contribution >= 4 is 11.4 Å². The van der Waals surface area contributed by atoms with Crippen molar-refractivity contribution in [1.82, 2.24) is 4.90 Å². The fourth-order valence-corrected chi connectivity index (χ4v) is 3.21. The predicted molar refractivity (Wildman–Crippen MR) is 88.0 cm³/mol. The molecule has 0 amide bonds. The molecule has 0 fully saturated rings. The zero-order valence-electron chi connectivity index (χ0n) is 13.7. The van der Waals surface area contributed by atoms with Crippen LogP contribution in [0, 0.1) is 5.41 Å². The Hall–Kier alpha value is -1.87. The average Bonchev–Trinajstić information content (AvgIpc) is 2.45. The molecule has 0 aromatic heterocycles. The third kappa shape index (κ3) is 2.73. The molecule has 1 aliphatic heterocycles. The van der Waals surface area contributed by atoms with E-state index in [4.69, 9.17) is 4.74 Å². The molecule has 0 saturated heterocycles. The first-order valence-electron chi connectivity index (χ1n) is 7.74. The van der Waals surface area contributed by atoms with Crippen LogP contribution in [0.5, 0.6) is 0 Å². The first-order chi connectivity index (χ1) is 10.4. The van der Waals surface area contributed by atoms with E-state index >= 15 is 0 Å². The van der Waals surface area contributed by atoms with Crippen LogP contribution >= 0.6 is 0 Å². The highest BCUT2D eigenvalue weighted by atomic mass is 16.5. The minimum Gasteiger partial charge on any atom is -0.474 e. The second-order valence-electron chi connectivity index (χ2n) is 7.18. The molecule has 1 atom stereocenters. The molecule has 116 valence electrons. The highest BCUT2D eigenvalue weighted by Crippen LogP contribution is 2.42. The van der Waals surface area contributed by atoms with Gasteiger partial charge >= 0.3 is 0 Å². The van der Waals surface area contributed by atoms with E-state index in [-0.39, 0.29) is 17.4 Å². The van der Waals surface area contributed by atoms with Gasteiger partial charge < -0.3 is 4.74 Å². The number of carbonyl (C=O) groups excluding carboxylic acids is 1. The summed E-state index contributed by atoms with van der Waals surface area (Å²) >= 11 is 0. The molecule has 1 heterocycles. The number of hydrogen-bond donors (Lipinski definition) is 0. The van der Waals surface area contributed by atoms with Gasteiger partial charge in [-0.05, 0) is 31.1 Å². The van der Waals surface area contributed by atoms with Crippen molar-refractivity contribution in [2.24, 2.45) is 5.41 Å². The normalized spacial score (nSPS) is 24.0. The molecule has 2 aliphatic rings. The average molecular weight is 297 g/mol. The fraction of sp³-hybridized carbons (Fsp3) is 0.421. The van der Waals surface area contributed by atoms with Crippen molar-refractivity contribution in [3.05, 3.63) is 53.3 Å². The van der Waals surface area contributed by atoms with E-state index in [2.05, 4.69) is 30.9 Å². The van der Waals surface area contributed by atoms with Gasteiger partial charge in [0.2, 0.25) is 0 Å². The predicted octanol–water partition coefficient (Wildman–Crippen LogP) is 3.63. The lowest BCUT2D eigenvalue weighted by Crippen LogP contribution is -2.37. The fourth-order valence-electron chi connectivity index (χ4n) is 3.21. The molecule has 0 radical (unpaired) electrons. The summed E-state index contributed by atoms with van der Waals surface area (Å²) in [5.74, 6) is 1.04. The summed E-state index contributed by atoms with van der Waals surface area (Å²) in [6.45, 7) is 4.25. The summed E-state index contributed by atoms with van der Waals surface area (Å²) in [6, 6.07) is 10.2. The van der Waals surface area contributed by atoms with E-state index in [0.29, 0.717) is 6.42 Å². The molecule has 3 nitrogen and oxygen atoms in total. The van der Waals surface area contributed by atoms with Gasteiger partial charge in [-0.3, -0.25) is 9.69 Å². The standard InChI is InChI=1S/C19H23NO2/c1-19(2)11-16(21)15-10-14(13-8-6-5-7-9-13)18(20(3)4)22-17(15)12-19/h5-10,18H,11-12H2,1-4H3/t18-/m1/s1. The lowest BCUT2D eigenvalue weighted by molar-refractivity contribution is -0.118. The van der Waals surface area contributed by atoms with Crippen molar-refractivity contribution in [3.8, 4) is 0 Å². The van der Waals surface area contributed by atoms with Crippen LogP contribution < -0.4 is 0 Å². The van der Waals surface area contributed by atoms with Crippen molar-refractivity contribution in [1.29, 1.82) is 0 Å². The van der Waals surface area contributed by atoms with Crippen molar-refractivity contribution < 1.29 is 9.53 Å². The summed E-state index contributed by atoms with van der Waals surface area (Å²) in [6.07, 6.45) is 3.29. The van der Waals surface area contributed by atoms with E-state index in [1.54, 1.807) is 0 Å². The highest BCUT2D eigenvalue weighted by Gasteiger charge is 2.38. The molecule has 1 aromatic rings. The van der Waals surface area contributed by atoms with Gasteiger partial charge in [-0.1, -0.05) is 44.2 Å². The van der Waals surface area contributed by atoms with E-state index in [1.807, 2.05) is 38.4 Å². The quantitative estimate of drug-likeness (QED) is 0.835. The molecule has 0 unspecified atom stereocenters. The Morgan fingerprint density at radius 1 is 1.14 bits per heavy atom. The van der Waals surface area contributed by atoms with Crippen molar-refractivity contribution in [2.45, 2.75) is 32.9 Å². The van der Waals surface area contributed by atoms with Gasteiger partial charge in [-0.25, -0.2) is 0 Å². The lowest BCUT2D eigenvalue weighted by Gasteiger charge is -2.38. The van der Waals surface area contributed by atoms with Crippen molar-refractivity contribution in [3.63, 3.8) is 0 Å². The van der Waals surface area contributed by atoms with Crippen LogP contribution in [-0.4, -0.2) is 31.0 Å². The van der Waals surface area contributed by atoms with E-state index < -0.39 is 0 Å². The van der Waals surface area contributed by atoms with Gasteiger partial charge in [0.05, 0.1) is 5.57 Å². The summed E-state index contributed by atoms with van der Waals surface area (Å²) in [5.41, 5.74) is 2.89. The highest BCUT2D eigenvalue weighted by molar-refractivity contribution is 6.02. The summed E-state index contributed by atoms with van der Waals surface area (Å²) in [4.78, 5) is 14.6. The van der Waals surface area contributed by atoms with Crippen LogP contribution in [0.15, 0.2) is 47.7 Å². The minimum absolute atomic E-state index is 0.0229. The summed E-state index contributed by atoms with van der Waals surface area (Å²) in [7, 11) is 4.01.